The Hall–Kier alpha value is -2.44. The molecule has 126 valence electrons. The molecule has 0 aliphatic carbocycles. The van der Waals surface area contributed by atoms with E-state index in [0.29, 0.717) is 18.2 Å². The number of hydrogen-bond donors (Lipinski definition) is 2. The van der Waals surface area contributed by atoms with Gasteiger partial charge in [0.15, 0.2) is 0 Å². The third-order valence-electron chi connectivity index (χ3n) is 3.92. The molecule has 1 aromatic carbocycles. The van der Waals surface area contributed by atoms with E-state index in [1.54, 1.807) is 25.3 Å². The Labute approximate surface area is 141 Å². The fraction of sp³-hybridized carbons (Fsp3) is 0.333. The number of aromatic nitrogens is 1. The largest absolute Gasteiger partial charge is 0.439 e. The summed E-state index contributed by atoms with van der Waals surface area (Å²) >= 11 is 0. The van der Waals surface area contributed by atoms with Gasteiger partial charge in [-0.05, 0) is 31.0 Å². The summed E-state index contributed by atoms with van der Waals surface area (Å²) in [6, 6.07) is 8.81. The van der Waals surface area contributed by atoms with Crippen molar-refractivity contribution < 1.29 is 14.3 Å². The summed E-state index contributed by atoms with van der Waals surface area (Å²) in [5.41, 5.74) is 8.35. The standard InChI is InChI=1S/C18H21N3O3/c1-3-14-17-12(10-23-14)5-4-6-15(17)24-16-8-7-13(9-20-16)21-18(22)11(2)19/h4-9,11,14H,3,10,19H2,1-2H3,(H,21,22)/t11-,14?/m1/s1. The molecule has 0 bridgehead atoms. The van der Waals surface area contributed by atoms with Gasteiger partial charge in [-0.3, -0.25) is 4.79 Å². The second-order valence-electron chi connectivity index (χ2n) is 5.80. The molecule has 0 spiro atoms. The number of amides is 1. The van der Waals surface area contributed by atoms with Crippen LogP contribution in [0.5, 0.6) is 11.6 Å². The van der Waals surface area contributed by atoms with Gasteiger partial charge in [-0.25, -0.2) is 4.98 Å². The summed E-state index contributed by atoms with van der Waals surface area (Å²) < 4.78 is 11.7. The lowest BCUT2D eigenvalue weighted by atomic mass is 10.0. The molecule has 0 fully saturated rings. The van der Waals surface area contributed by atoms with Crippen LogP contribution in [-0.4, -0.2) is 16.9 Å². The smallest absolute Gasteiger partial charge is 0.241 e. The summed E-state index contributed by atoms with van der Waals surface area (Å²) in [5.74, 6) is 0.968. The maximum absolute atomic E-state index is 11.6. The third-order valence-corrected chi connectivity index (χ3v) is 3.92. The first kappa shape index (κ1) is 16.4. The predicted molar refractivity (Wildman–Crippen MR) is 90.9 cm³/mol. The lowest BCUT2D eigenvalue weighted by molar-refractivity contribution is -0.117. The number of nitrogens with one attached hydrogen (secondary N) is 1. The van der Waals surface area contributed by atoms with Crippen LogP contribution >= 0.6 is 0 Å². The molecule has 0 saturated heterocycles. The summed E-state index contributed by atoms with van der Waals surface area (Å²) in [4.78, 5) is 15.8. The topological polar surface area (TPSA) is 86.5 Å². The van der Waals surface area contributed by atoms with E-state index in [1.807, 2.05) is 12.1 Å². The van der Waals surface area contributed by atoms with Gasteiger partial charge in [0.1, 0.15) is 5.75 Å². The van der Waals surface area contributed by atoms with E-state index in [-0.39, 0.29) is 12.0 Å². The minimum Gasteiger partial charge on any atom is -0.439 e. The van der Waals surface area contributed by atoms with E-state index in [1.165, 1.54) is 0 Å². The molecule has 2 atom stereocenters. The van der Waals surface area contributed by atoms with E-state index in [4.69, 9.17) is 15.2 Å². The Kier molecular flexibility index (Phi) is 4.78. The second-order valence-corrected chi connectivity index (χ2v) is 5.80. The minimum atomic E-state index is -0.571. The number of pyridine rings is 1. The molecule has 1 amide bonds. The van der Waals surface area contributed by atoms with Crippen LogP contribution in [0, 0.1) is 0 Å². The first-order valence-electron chi connectivity index (χ1n) is 8.02. The zero-order chi connectivity index (χ0) is 17.1. The van der Waals surface area contributed by atoms with Crippen molar-refractivity contribution >= 4 is 11.6 Å². The Balaban J connectivity index is 1.76. The van der Waals surface area contributed by atoms with E-state index in [2.05, 4.69) is 23.3 Å². The van der Waals surface area contributed by atoms with Gasteiger partial charge in [0.2, 0.25) is 11.8 Å². The highest BCUT2D eigenvalue weighted by molar-refractivity contribution is 5.94. The van der Waals surface area contributed by atoms with Gasteiger partial charge >= 0.3 is 0 Å². The van der Waals surface area contributed by atoms with Crippen LogP contribution in [-0.2, 0) is 16.1 Å². The lowest BCUT2D eigenvalue weighted by Gasteiger charge is -2.14. The fourth-order valence-corrected chi connectivity index (χ4v) is 2.65. The molecule has 0 saturated carbocycles. The Morgan fingerprint density at radius 1 is 1.46 bits per heavy atom. The van der Waals surface area contributed by atoms with Gasteiger partial charge in [0, 0.05) is 11.6 Å². The molecule has 0 radical (unpaired) electrons. The van der Waals surface area contributed by atoms with Gasteiger partial charge in [0.05, 0.1) is 30.6 Å². The molecule has 3 rings (SSSR count). The molecule has 2 aromatic rings. The molecule has 1 aromatic heterocycles. The monoisotopic (exact) mass is 327 g/mol. The molecule has 6 heteroatoms. The van der Waals surface area contributed by atoms with Gasteiger partial charge in [-0.2, -0.15) is 0 Å². The summed E-state index contributed by atoms with van der Waals surface area (Å²) in [6.45, 7) is 4.33. The van der Waals surface area contributed by atoms with Crippen LogP contribution in [0.3, 0.4) is 0 Å². The van der Waals surface area contributed by atoms with Gasteiger partial charge in [-0.15, -0.1) is 0 Å². The number of nitrogens with zero attached hydrogens (tertiary/aromatic N) is 1. The van der Waals surface area contributed by atoms with Crippen molar-refractivity contribution in [1.29, 1.82) is 0 Å². The molecule has 6 nitrogen and oxygen atoms in total. The first-order valence-corrected chi connectivity index (χ1v) is 8.02. The van der Waals surface area contributed by atoms with Crippen LogP contribution in [0.1, 0.15) is 37.5 Å². The number of rotatable bonds is 5. The van der Waals surface area contributed by atoms with Crippen LogP contribution in [0.25, 0.3) is 0 Å². The highest BCUT2D eigenvalue weighted by atomic mass is 16.5. The van der Waals surface area contributed by atoms with E-state index < -0.39 is 6.04 Å². The van der Waals surface area contributed by atoms with E-state index in [9.17, 15) is 4.79 Å². The maximum Gasteiger partial charge on any atom is 0.241 e. The van der Waals surface area contributed by atoms with Crippen molar-refractivity contribution in [2.24, 2.45) is 5.73 Å². The summed E-state index contributed by atoms with van der Waals surface area (Å²) in [7, 11) is 0. The molecule has 1 aliphatic rings. The van der Waals surface area contributed by atoms with Crippen molar-refractivity contribution in [3.05, 3.63) is 47.7 Å². The first-order chi connectivity index (χ1) is 11.6. The number of nitrogens with two attached hydrogens (primary N) is 1. The quantitative estimate of drug-likeness (QED) is 0.881. The number of carbonyl (C=O) groups is 1. The zero-order valence-corrected chi connectivity index (χ0v) is 13.8. The zero-order valence-electron chi connectivity index (χ0n) is 13.8. The molecule has 1 unspecified atom stereocenters. The van der Waals surface area contributed by atoms with Gasteiger partial charge in [0.25, 0.3) is 0 Å². The normalized spacial score (nSPS) is 17.2. The van der Waals surface area contributed by atoms with E-state index in [0.717, 1.165) is 23.3 Å². The highest BCUT2D eigenvalue weighted by Gasteiger charge is 2.25. The van der Waals surface area contributed by atoms with Gasteiger partial charge < -0.3 is 20.5 Å². The number of ether oxygens (including phenoxy) is 2. The molecule has 1 aliphatic heterocycles. The third kappa shape index (κ3) is 3.39. The molecule has 2 heterocycles. The van der Waals surface area contributed by atoms with E-state index >= 15 is 0 Å². The fourth-order valence-electron chi connectivity index (χ4n) is 2.65. The van der Waals surface area contributed by atoms with Crippen LogP contribution < -0.4 is 15.8 Å². The predicted octanol–water partition coefficient (Wildman–Crippen LogP) is 3.14. The highest BCUT2D eigenvalue weighted by Crippen LogP contribution is 2.40. The van der Waals surface area contributed by atoms with Gasteiger partial charge in [-0.1, -0.05) is 19.1 Å². The molecule has 3 N–H and O–H groups in total. The van der Waals surface area contributed by atoms with Crippen molar-refractivity contribution in [2.75, 3.05) is 5.32 Å². The number of hydrogen-bond acceptors (Lipinski definition) is 5. The summed E-state index contributed by atoms with van der Waals surface area (Å²) in [6.07, 6.45) is 2.50. The minimum absolute atomic E-state index is 0.0563. The van der Waals surface area contributed by atoms with Crippen molar-refractivity contribution in [3.8, 4) is 11.6 Å². The average Bonchev–Trinajstić information content (AvgIpc) is 3.00. The maximum atomic E-state index is 11.6. The molecule has 24 heavy (non-hydrogen) atoms. The number of benzene rings is 1. The van der Waals surface area contributed by atoms with Crippen LogP contribution in [0.4, 0.5) is 5.69 Å². The SMILES string of the molecule is CCC1OCc2cccc(Oc3ccc(NC(=O)[C@@H](C)N)cn3)c21. The molecular weight excluding hydrogens is 306 g/mol. The van der Waals surface area contributed by atoms with Crippen LogP contribution in [0.15, 0.2) is 36.5 Å². The molecular formula is C18H21N3O3. The average molecular weight is 327 g/mol. The number of anilines is 1. The van der Waals surface area contributed by atoms with Crippen LogP contribution in [0.2, 0.25) is 0 Å². The Bertz CT molecular complexity index is 729. The second kappa shape index (κ2) is 6.98. The van der Waals surface area contributed by atoms with Crippen molar-refractivity contribution in [3.63, 3.8) is 0 Å². The number of carbonyl (C=O) groups excluding carboxylic acids is 1. The number of fused-ring (bicyclic) bond motifs is 1. The summed E-state index contributed by atoms with van der Waals surface area (Å²) in [5, 5.41) is 2.69. The van der Waals surface area contributed by atoms with Crippen molar-refractivity contribution in [2.45, 2.75) is 39.0 Å². The lowest BCUT2D eigenvalue weighted by Crippen LogP contribution is -2.32. The van der Waals surface area contributed by atoms with Crippen molar-refractivity contribution in [1.82, 2.24) is 4.98 Å². The Morgan fingerprint density at radius 2 is 2.29 bits per heavy atom. The Morgan fingerprint density at radius 3 is 2.96 bits per heavy atom.